The summed E-state index contributed by atoms with van der Waals surface area (Å²) in [5, 5.41) is 1.59. The van der Waals surface area contributed by atoms with Crippen LogP contribution in [0.5, 0.6) is 0 Å². The molecule has 1 aromatic heterocycles. The van der Waals surface area contributed by atoms with Gasteiger partial charge in [0.2, 0.25) is 0 Å². The first-order valence-corrected chi connectivity index (χ1v) is 8.52. The van der Waals surface area contributed by atoms with Gasteiger partial charge in [0, 0.05) is 29.7 Å². The SMILES string of the molecule is CC1CN(c2nc(-c3ccccc3)c(C=O)s2)CCS1. The summed E-state index contributed by atoms with van der Waals surface area (Å²) in [6.07, 6.45) is 0.922. The number of thiazole rings is 1. The molecule has 5 heteroatoms. The van der Waals surface area contributed by atoms with Gasteiger partial charge in [-0.3, -0.25) is 4.79 Å². The average molecular weight is 304 g/mol. The monoisotopic (exact) mass is 304 g/mol. The van der Waals surface area contributed by atoms with Crippen LogP contribution < -0.4 is 4.90 Å². The Balaban J connectivity index is 1.94. The number of carbonyl (C=O) groups excluding carboxylic acids is 1. The zero-order chi connectivity index (χ0) is 13.9. The molecule has 1 aliphatic heterocycles. The van der Waals surface area contributed by atoms with Crippen molar-refractivity contribution in [3.8, 4) is 11.3 Å². The molecule has 0 amide bonds. The number of nitrogens with zero attached hydrogens (tertiary/aromatic N) is 2. The molecule has 1 saturated heterocycles. The number of hydrogen-bond acceptors (Lipinski definition) is 5. The first-order valence-electron chi connectivity index (χ1n) is 6.66. The molecule has 1 aromatic carbocycles. The molecule has 1 unspecified atom stereocenters. The number of hydrogen-bond donors (Lipinski definition) is 0. The maximum atomic E-state index is 11.3. The minimum absolute atomic E-state index is 0.618. The molecule has 1 atom stereocenters. The molecule has 0 radical (unpaired) electrons. The van der Waals surface area contributed by atoms with Gasteiger partial charge in [0.15, 0.2) is 11.4 Å². The Labute approximate surface area is 127 Å². The summed E-state index contributed by atoms with van der Waals surface area (Å²) in [6, 6.07) is 9.92. The highest BCUT2D eigenvalue weighted by Crippen LogP contribution is 2.33. The topological polar surface area (TPSA) is 33.2 Å². The van der Waals surface area contributed by atoms with Crippen LogP contribution in [0.3, 0.4) is 0 Å². The Kier molecular flexibility index (Phi) is 4.08. The number of rotatable bonds is 3. The van der Waals surface area contributed by atoms with Gasteiger partial charge in [-0.25, -0.2) is 4.98 Å². The maximum absolute atomic E-state index is 11.3. The Bertz CT molecular complexity index is 597. The summed E-state index contributed by atoms with van der Waals surface area (Å²) >= 11 is 3.50. The molecule has 104 valence electrons. The molecule has 0 spiro atoms. The predicted molar refractivity (Wildman–Crippen MR) is 87.1 cm³/mol. The van der Waals surface area contributed by atoms with Crippen molar-refractivity contribution in [3.63, 3.8) is 0 Å². The maximum Gasteiger partial charge on any atom is 0.186 e. The van der Waals surface area contributed by atoms with Crippen molar-refractivity contribution in [2.75, 3.05) is 23.7 Å². The van der Waals surface area contributed by atoms with E-state index in [9.17, 15) is 4.79 Å². The van der Waals surface area contributed by atoms with Gasteiger partial charge in [-0.05, 0) is 0 Å². The highest BCUT2D eigenvalue weighted by molar-refractivity contribution is 8.00. The van der Waals surface area contributed by atoms with Crippen molar-refractivity contribution in [2.45, 2.75) is 12.2 Å². The van der Waals surface area contributed by atoms with Gasteiger partial charge in [0.25, 0.3) is 0 Å². The molecule has 2 aromatic rings. The third-order valence-electron chi connectivity index (χ3n) is 3.31. The van der Waals surface area contributed by atoms with E-state index in [0.717, 1.165) is 46.4 Å². The van der Waals surface area contributed by atoms with E-state index in [1.54, 1.807) is 0 Å². The summed E-state index contributed by atoms with van der Waals surface area (Å²) in [5.74, 6) is 1.12. The predicted octanol–water partition coefficient (Wildman–Crippen LogP) is 3.56. The highest BCUT2D eigenvalue weighted by atomic mass is 32.2. The third kappa shape index (κ3) is 2.74. The lowest BCUT2D eigenvalue weighted by Crippen LogP contribution is -2.36. The van der Waals surface area contributed by atoms with E-state index in [1.807, 2.05) is 42.1 Å². The fourth-order valence-electron chi connectivity index (χ4n) is 2.33. The molecule has 1 aliphatic rings. The van der Waals surface area contributed by atoms with Crippen molar-refractivity contribution < 1.29 is 4.79 Å². The van der Waals surface area contributed by atoms with Crippen molar-refractivity contribution in [2.24, 2.45) is 0 Å². The van der Waals surface area contributed by atoms with E-state index in [2.05, 4.69) is 11.8 Å². The summed E-state index contributed by atoms with van der Waals surface area (Å²) in [5.41, 5.74) is 1.82. The lowest BCUT2D eigenvalue weighted by Gasteiger charge is -2.30. The van der Waals surface area contributed by atoms with Gasteiger partial charge in [0.1, 0.15) is 0 Å². The van der Waals surface area contributed by atoms with Gasteiger partial charge in [-0.2, -0.15) is 11.8 Å². The van der Waals surface area contributed by atoms with Crippen LogP contribution in [0.2, 0.25) is 0 Å². The summed E-state index contributed by atoms with van der Waals surface area (Å²) in [6.45, 7) is 4.25. The zero-order valence-corrected chi connectivity index (χ0v) is 12.9. The molecule has 0 bridgehead atoms. The molecule has 3 rings (SSSR count). The highest BCUT2D eigenvalue weighted by Gasteiger charge is 2.22. The Morgan fingerprint density at radius 1 is 1.35 bits per heavy atom. The van der Waals surface area contributed by atoms with Gasteiger partial charge < -0.3 is 4.90 Å². The van der Waals surface area contributed by atoms with Crippen LogP contribution in [0.1, 0.15) is 16.6 Å². The van der Waals surface area contributed by atoms with E-state index >= 15 is 0 Å². The van der Waals surface area contributed by atoms with Crippen molar-refractivity contribution >= 4 is 34.5 Å². The number of aldehydes is 1. The number of anilines is 1. The Hall–Kier alpha value is -1.33. The molecule has 0 saturated carbocycles. The van der Waals surface area contributed by atoms with E-state index in [4.69, 9.17) is 4.98 Å². The van der Waals surface area contributed by atoms with Crippen LogP contribution >= 0.6 is 23.1 Å². The molecule has 3 nitrogen and oxygen atoms in total. The lowest BCUT2D eigenvalue weighted by molar-refractivity contribution is 0.112. The van der Waals surface area contributed by atoms with Gasteiger partial charge in [-0.15, -0.1) is 0 Å². The van der Waals surface area contributed by atoms with Crippen molar-refractivity contribution in [3.05, 3.63) is 35.2 Å². The number of aromatic nitrogens is 1. The second-order valence-corrected chi connectivity index (χ2v) is 7.38. The van der Waals surface area contributed by atoms with E-state index in [1.165, 1.54) is 11.3 Å². The second-order valence-electron chi connectivity index (χ2n) is 4.82. The summed E-state index contributed by atoms with van der Waals surface area (Å²) < 4.78 is 0. The third-order valence-corrected chi connectivity index (χ3v) is 5.49. The number of thioether (sulfide) groups is 1. The smallest absolute Gasteiger partial charge is 0.186 e. The standard InChI is InChI=1S/C15H16N2OS2/c1-11-9-17(7-8-19-11)15-16-14(13(10-18)20-15)12-5-3-2-4-6-12/h2-6,10-11H,7-9H2,1H3. The number of carbonyl (C=O) groups is 1. The quantitative estimate of drug-likeness (QED) is 0.812. The number of benzene rings is 1. The van der Waals surface area contributed by atoms with E-state index < -0.39 is 0 Å². The van der Waals surface area contributed by atoms with Crippen LogP contribution in [0.15, 0.2) is 30.3 Å². The van der Waals surface area contributed by atoms with Crippen LogP contribution in [0.4, 0.5) is 5.13 Å². The molecule has 20 heavy (non-hydrogen) atoms. The molecule has 1 fully saturated rings. The Morgan fingerprint density at radius 2 is 2.15 bits per heavy atom. The van der Waals surface area contributed by atoms with Crippen molar-refractivity contribution in [1.29, 1.82) is 0 Å². The van der Waals surface area contributed by atoms with Crippen LogP contribution in [0.25, 0.3) is 11.3 Å². The van der Waals surface area contributed by atoms with Gasteiger partial charge in [0.05, 0.1) is 10.6 Å². The lowest BCUT2D eigenvalue weighted by atomic mass is 10.1. The molecule has 0 N–H and O–H groups in total. The zero-order valence-electron chi connectivity index (χ0n) is 11.3. The molecule has 0 aliphatic carbocycles. The molecular weight excluding hydrogens is 288 g/mol. The average Bonchev–Trinajstić information content (AvgIpc) is 2.92. The van der Waals surface area contributed by atoms with Crippen LogP contribution in [-0.2, 0) is 0 Å². The van der Waals surface area contributed by atoms with Crippen molar-refractivity contribution in [1.82, 2.24) is 4.98 Å². The van der Waals surface area contributed by atoms with E-state index in [0.29, 0.717) is 5.25 Å². The van der Waals surface area contributed by atoms with Crippen LogP contribution in [0, 0.1) is 0 Å². The minimum Gasteiger partial charge on any atom is -0.346 e. The normalized spacial score (nSPS) is 19.1. The van der Waals surface area contributed by atoms with Gasteiger partial charge in [-0.1, -0.05) is 48.6 Å². The van der Waals surface area contributed by atoms with E-state index in [-0.39, 0.29) is 0 Å². The fourth-order valence-corrected chi connectivity index (χ4v) is 4.28. The van der Waals surface area contributed by atoms with Gasteiger partial charge >= 0.3 is 0 Å². The second kappa shape index (κ2) is 5.97. The first-order chi connectivity index (χ1) is 9.78. The van der Waals surface area contributed by atoms with Crippen LogP contribution in [-0.4, -0.2) is 35.4 Å². The summed E-state index contributed by atoms with van der Waals surface area (Å²) in [4.78, 5) is 19.0. The Morgan fingerprint density at radius 3 is 2.85 bits per heavy atom. The first kappa shape index (κ1) is 13.6. The largest absolute Gasteiger partial charge is 0.346 e. The molecule has 2 heterocycles. The molecular formula is C15H16N2OS2. The minimum atomic E-state index is 0.618. The fraction of sp³-hybridized carbons (Fsp3) is 0.333. The summed E-state index contributed by atoms with van der Waals surface area (Å²) in [7, 11) is 0.